The molecule has 0 atom stereocenters. The van der Waals surface area contributed by atoms with Crippen molar-refractivity contribution in [3.05, 3.63) is 52.9 Å². The number of aryl methyl sites for hydroxylation is 2. The molecule has 0 aliphatic carbocycles. The zero-order chi connectivity index (χ0) is 21.6. The maximum Gasteiger partial charge on any atom is 0.220 e. The van der Waals surface area contributed by atoms with Gasteiger partial charge in [-0.05, 0) is 38.3 Å². The molecule has 1 saturated heterocycles. The van der Waals surface area contributed by atoms with E-state index >= 15 is 0 Å². The highest BCUT2D eigenvalue weighted by molar-refractivity contribution is 7.88. The lowest BCUT2D eigenvalue weighted by atomic mass is 10.0. The summed E-state index contributed by atoms with van der Waals surface area (Å²) >= 11 is 0. The van der Waals surface area contributed by atoms with Crippen LogP contribution in [0, 0.1) is 13.8 Å². The van der Waals surface area contributed by atoms with Gasteiger partial charge in [0.15, 0.2) is 5.96 Å². The van der Waals surface area contributed by atoms with E-state index in [1.54, 1.807) is 6.07 Å². The third-order valence-electron chi connectivity index (χ3n) is 5.23. The van der Waals surface area contributed by atoms with Crippen LogP contribution in [0.4, 0.5) is 0 Å². The van der Waals surface area contributed by atoms with Gasteiger partial charge in [-0.3, -0.25) is 4.99 Å². The first-order valence-electron chi connectivity index (χ1n) is 10.4. The SMILES string of the molecule is CCNC(=NCCc1ccc(C)cc1C)N1CCN(S(=O)(=O)Cc2ccon2)CC1. The Kier molecular flexibility index (Phi) is 7.49. The molecule has 1 aliphatic heterocycles. The smallest absolute Gasteiger partial charge is 0.220 e. The molecule has 1 aliphatic rings. The lowest BCUT2D eigenvalue weighted by Gasteiger charge is -2.35. The molecule has 1 N–H and O–H groups in total. The Balaban J connectivity index is 1.57. The van der Waals surface area contributed by atoms with Crippen molar-refractivity contribution in [2.24, 2.45) is 4.99 Å². The standard InChI is InChI=1S/C21H31N5O3S/c1-4-22-21(23-9-7-19-6-5-17(2)15-18(19)3)25-10-12-26(13-11-25)30(27,28)16-20-8-14-29-24-20/h5-6,8,14-15H,4,7,9-13,16H2,1-3H3,(H,22,23). The Morgan fingerprint density at radius 1 is 1.20 bits per heavy atom. The van der Waals surface area contributed by atoms with Crippen LogP contribution < -0.4 is 5.32 Å². The topological polar surface area (TPSA) is 91.0 Å². The number of benzene rings is 1. The lowest BCUT2D eigenvalue weighted by Crippen LogP contribution is -2.54. The van der Waals surface area contributed by atoms with E-state index in [-0.39, 0.29) is 5.75 Å². The van der Waals surface area contributed by atoms with Gasteiger partial charge in [-0.1, -0.05) is 28.9 Å². The fraction of sp³-hybridized carbons (Fsp3) is 0.524. The molecule has 164 valence electrons. The zero-order valence-electron chi connectivity index (χ0n) is 18.0. The van der Waals surface area contributed by atoms with E-state index in [0.717, 1.165) is 18.9 Å². The summed E-state index contributed by atoms with van der Waals surface area (Å²) in [6.45, 7) is 9.81. The summed E-state index contributed by atoms with van der Waals surface area (Å²) in [6.07, 6.45) is 2.27. The molecule has 1 fully saturated rings. The number of nitrogens with one attached hydrogen (secondary N) is 1. The van der Waals surface area contributed by atoms with Crippen molar-refractivity contribution in [1.29, 1.82) is 0 Å². The van der Waals surface area contributed by atoms with E-state index in [1.807, 2.05) is 6.92 Å². The van der Waals surface area contributed by atoms with Crippen LogP contribution in [-0.4, -0.2) is 68.0 Å². The molecule has 0 bridgehead atoms. The normalized spacial score (nSPS) is 16.1. The average molecular weight is 434 g/mol. The monoisotopic (exact) mass is 433 g/mol. The molecule has 0 unspecified atom stereocenters. The van der Waals surface area contributed by atoms with E-state index in [0.29, 0.717) is 38.4 Å². The zero-order valence-corrected chi connectivity index (χ0v) is 18.8. The van der Waals surface area contributed by atoms with Gasteiger partial charge >= 0.3 is 0 Å². The van der Waals surface area contributed by atoms with Crippen molar-refractivity contribution in [3.8, 4) is 0 Å². The minimum absolute atomic E-state index is 0.131. The second-order valence-corrected chi connectivity index (χ2v) is 9.52. The number of piperazine rings is 1. The number of guanidine groups is 1. The summed E-state index contributed by atoms with van der Waals surface area (Å²) < 4.78 is 31.5. The van der Waals surface area contributed by atoms with Crippen molar-refractivity contribution in [2.45, 2.75) is 32.9 Å². The summed E-state index contributed by atoms with van der Waals surface area (Å²) in [5.41, 5.74) is 4.30. The predicted octanol–water partition coefficient (Wildman–Crippen LogP) is 1.95. The first kappa shape index (κ1) is 22.3. The Morgan fingerprint density at radius 2 is 1.97 bits per heavy atom. The fourth-order valence-corrected chi connectivity index (χ4v) is 5.03. The summed E-state index contributed by atoms with van der Waals surface area (Å²) in [6, 6.07) is 8.09. The van der Waals surface area contributed by atoms with Crippen molar-refractivity contribution < 1.29 is 12.9 Å². The van der Waals surface area contributed by atoms with E-state index in [1.165, 1.54) is 27.3 Å². The van der Waals surface area contributed by atoms with Gasteiger partial charge in [0.05, 0.1) is 5.69 Å². The minimum atomic E-state index is -3.41. The molecular weight excluding hydrogens is 402 g/mol. The molecule has 8 nitrogen and oxygen atoms in total. The van der Waals surface area contributed by atoms with Gasteiger partial charge in [-0.25, -0.2) is 8.42 Å². The molecule has 3 rings (SSSR count). The average Bonchev–Trinajstić information content (AvgIpc) is 3.21. The molecule has 2 aromatic rings. The molecule has 9 heteroatoms. The highest BCUT2D eigenvalue weighted by Gasteiger charge is 2.28. The lowest BCUT2D eigenvalue weighted by molar-refractivity contribution is 0.260. The van der Waals surface area contributed by atoms with Crippen molar-refractivity contribution in [1.82, 2.24) is 19.7 Å². The molecule has 0 spiro atoms. The van der Waals surface area contributed by atoms with Crippen molar-refractivity contribution in [2.75, 3.05) is 39.3 Å². The Morgan fingerprint density at radius 3 is 2.60 bits per heavy atom. The highest BCUT2D eigenvalue weighted by atomic mass is 32.2. The predicted molar refractivity (Wildman–Crippen MR) is 118 cm³/mol. The number of rotatable bonds is 7. The highest BCUT2D eigenvalue weighted by Crippen LogP contribution is 2.14. The Bertz CT molecular complexity index is 949. The summed E-state index contributed by atoms with van der Waals surface area (Å²) in [5.74, 6) is 0.712. The van der Waals surface area contributed by atoms with E-state index in [4.69, 9.17) is 9.52 Å². The third-order valence-corrected chi connectivity index (χ3v) is 7.04. The molecule has 0 amide bonds. The first-order chi connectivity index (χ1) is 14.4. The first-order valence-corrected chi connectivity index (χ1v) is 12.0. The fourth-order valence-electron chi connectivity index (χ4n) is 3.60. The number of nitrogens with zero attached hydrogens (tertiary/aromatic N) is 4. The van der Waals surface area contributed by atoms with Gasteiger partial charge in [0.25, 0.3) is 0 Å². The van der Waals surface area contributed by atoms with Crippen LogP contribution in [0.15, 0.2) is 40.0 Å². The van der Waals surface area contributed by atoms with Gasteiger partial charge in [0.2, 0.25) is 10.0 Å². The van der Waals surface area contributed by atoms with Gasteiger partial charge in [0.1, 0.15) is 12.0 Å². The second-order valence-electron chi connectivity index (χ2n) is 7.55. The summed E-state index contributed by atoms with van der Waals surface area (Å²) in [4.78, 5) is 6.92. The van der Waals surface area contributed by atoms with Gasteiger partial charge in [0, 0.05) is 45.3 Å². The van der Waals surface area contributed by atoms with E-state index in [2.05, 4.69) is 47.4 Å². The van der Waals surface area contributed by atoms with Crippen LogP contribution in [0.25, 0.3) is 0 Å². The van der Waals surface area contributed by atoms with Crippen molar-refractivity contribution in [3.63, 3.8) is 0 Å². The summed E-state index contributed by atoms with van der Waals surface area (Å²) in [7, 11) is -3.41. The maximum atomic E-state index is 12.6. The summed E-state index contributed by atoms with van der Waals surface area (Å²) in [5, 5.41) is 7.05. The van der Waals surface area contributed by atoms with E-state index < -0.39 is 10.0 Å². The molecule has 1 aromatic heterocycles. The maximum absolute atomic E-state index is 12.6. The molecule has 0 saturated carbocycles. The van der Waals surface area contributed by atoms with Crippen LogP contribution in [0.5, 0.6) is 0 Å². The molecular formula is C21H31N5O3S. The van der Waals surface area contributed by atoms with Crippen LogP contribution in [-0.2, 0) is 22.2 Å². The largest absolute Gasteiger partial charge is 0.364 e. The molecule has 0 radical (unpaired) electrons. The van der Waals surface area contributed by atoms with Crippen LogP contribution >= 0.6 is 0 Å². The van der Waals surface area contributed by atoms with Crippen LogP contribution in [0.1, 0.15) is 29.3 Å². The van der Waals surface area contributed by atoms with Crippen molar-refractivity contribution >= 4 is 16.0 Å². The number of aromatic nitrogens is 1. The van der Waals surface area contributed by atoms with Crippen LogP contribution in [0.3, 0.4) is 0 Å². The third kappa shape index (κ3) is 5.82. The number of hydrogen-bond donors (Lipinski definition) is 1. The molecule has 30 heavy (non-hydrogen) atoms. The quantitative estimate of drug-likeness (QED) is 0.530. The Hall–Kier alpha value is -2.39. The minimum Gasteiger partial charge on any atom is -0.364 e. The molecule has 1 aromatic carbocycles. The Labute approximate surface area is 179 Å². The number of aliphatic imine (C=N–C) groups is 1. The number of sulfonamides is 1. The van der Waals surface area contributed by atoms with Gasteiger partial charge in [-0.15, -0.1) is 0 Å². The second kappa shape index (κ2) is 10.1. The molecule has 2 heterocycles. The van der Waals surface area contributed by atoms with Gasteiger partial charge < -0.3 is 14.7 Å². The van der Waals surface area contributed by atoms with Gasteiger partial charge in [-0.2, -0.15) is 4.31 Å². The number of hydrogen-bond acceptors (Lipinski definition) is 5. The van der Waals surface area contributed by atoms with Crippen LogP contribution in [0.2, 0.25) is 0 Å². The van der Waals surface area contributed by atoms with E-state index in [9.17, 15) is 8.42 Å².